The summed E-state index contributed by atoms with van der Waals surface area (Å²) in [6, 6.07) is 21.8. The highest BCUT2D eigenvalue weighted by Gasteiger charge is 2.31. The van der Waals surface area contributed by atoms with Crippen LogP contribution in [0.3, 0.4) is 0 Å². The van der Waals surface area contributed by atoms with E-state index in [1.54, 1.807) is 42.5 Å². The second kappa shape index (κ2) is 10.4. The number of carbonyl (C=O) groups excluding carboxylic acids is 1. The summed E-state index contributed by atoms with van der Waals surface area (Å²) in [6.07, 6.45) is 2.03. The zero-order valence-electron chi connectivity index (χ0n) is 18.6. The lowest BCUT2D eigenvalue weighted by molar-refractivity contribution is 0.0734. The minimum Gasteiger partial charge on any atom is -0.494 e. The van der Waals surface area contributed by atoms with Gasteiger partial charge in [0.25, 0.3) is 0 Å². The zero-order valence-corrected chi connectivity index (χ0v) is 20.2. The average Bonchev–Trinajstić information content (AvgIpc) is 2.83. The second-order valence-corrected chi connectivity index (χ2v) is 8.71. The largest absolute Gasteiger partial charge is 0.494 e. The smallest absolute Gasteiger partial charge is 0.343 e. The maximum Gasteiger partial charge on any atom is 0.343 e. The van der Waals surface area contributed by atoms with Crippen molar-refractivity contribution in [3.63, 3.8) is 0 Å². The molecule has 172 valence electrons. The van der Waals surface area contributed by atoms with Crippen LogP contribution in [0, 0.1) is 11.3 Å². The molecule has 1 unspecified atom stereocenters. The maximum atomic E-state index is 12.7. The molecule has 1 atom stereocenters. The lowest BCUT2D eigenvalue weighted by Gasteiger charge is -2.26. The molecule has 6 nitrogen and oxygen atoms in total. The normalized spacial score (nSPS) is 14.6. The molecule has 3 aromatic rings. The summed E-state index contributed by atoms with van der Waals surface area (Å²) in [5.74, 6) is 0.597. The highest BCUT2D eigenvalue weighted by molar-refractivity contribution is 9.10. The van der Waals surface area contributed by atoms with Crippen molar-refractivity contribution >= 4 is 21.9 Å². The average molecular weight is 519 g/mol. The van der Waals surface area contributed by atoms with Crippen LogP contribution in [0.15, 0.2) is 82.7 Å². The van der Waals surface area contributed by atoms with Crippen molar-refractivity contribution in [1.82, 2.24) is 0 Å². The summed E-state index contributed by atoms with van der Waals surface area (Å²) in [5, 5.41) is 9.71. The van der Waals surface area contributed by atoms with Crippen molar-refractivity contribution < 1.29 is 19.0 Å². The Hall–Kier alpha value is -3.76. The monoisotopic (exact) mass is 518 g/mol. The number of rotatable bonds is 7. The van der Waals surface area contributed by atoms with Gasteiger partial charge in [0, 0.05) is 16.1 Å². The molecule has 3 aromatic carbocycles. The number of fused-ring (bicyclic) bond motifs is 1. The Morgan fingerprint density at radius 3 is 2.59 bits per heavy atom. The number of nitriles is 1. The van der Waals surface area contributed by atoms with Crippen molar-refractivity contribution in [3.8, 4) is 23.3 Å². The molecule has 1 aliphatic heterocycles. The molecule has 0 amide bonds. The number of esters is 1. The number of nitrogens with zero attached hydrogens (tertiary/aromatic N) is 1. The van der Waals surface area contributed by atoms with Gasteiger partial charge >= 0.3 is 5.97 Å². The SMILES string of the molecule is CCCCOc1ccc(C(=O)Oc2ccc3c(c2)OC(N)=C(C#N)C3c2cccc(Br)c2)cc1. The number of ether oxygens (including phenoxy) is 3. The first-order chi connectivity index (χ1) is 16.5. The Morgan fingerprint density at radius 1 is 1.12 bits per heavy atom. The molecule has 7 heteroatoms. The molecule has 4 rings (SSSR count). The van der Waals surface area contributed by atoms with Crippen molar-refractivity contribution in [2.75, 3.05) is 6.61 Å². The summed E-state index contributed by atoms with van der Waals surface area (Å²) in [5.41, 5.74) is 8.46. The van der Waals surface area contributed by atoms with Gasteiger partial charge in [-0.1, -0.05) is 47.5 Å². The molecular formula is C27H23BrN2O4. The lowest BCUT2D eigenvalue weighted by atomic mass is 9.83. The summed E-state index contributed by atoms with van der Waals surface area (Å²) in [6.45, 7) is 2.74. The quantitative estimate of drug-likeness (QED) is 0.232. The Kier molecular flexibility index (Phi) is 7.19. The van der Waals surface area contributed by atoms with Crippen LogP contribution in [0.25, 0.3) is 0 Å². The number of hydrogen-bond acceptors (Lipinski definition) is 6. The van der Waals surface area contributed by atoms with Crippen LogP contribution in [0.4, 0.5) is 0 Å². The van der Waals surface area contributed by atoms with Gasteiger partial charge in [-0.15, -0.1) is 0 Å². The van der Waals surface area contributed by atoms with Crippen LogP contribution in [0.1, 0.15) is 47.2 Å². The Morgan fingerprint density at radius 2 is 1.88 bits per heavy atom. The number of halogens is 1. The van der Waals surface area contributed by atoms with Gasteiger partial charge in [-0.2, -0.15) is 5.26 Å². The third-order valence-corrected chi connectivity index (χ3v) is 5.93. The van der Waals surface area contributed by atoms with Crippen LogP contribution in [0.5, 0.6) is 17.2 Å². The van der Waals surface area contributed by atoms with E-state index in [0.29, 0.717) is 35.0 Å². The minimum atomic E-state index is -0.499. The second-order valence-electron chi connectivity index (χ2n) is 7.80. The number of unbranched alkanes of at least 4 members (excludes halogenated alkanes) is 1. The summed E-state index contributed by atoms with van der Waals surface area (Å²) < 4.78 is 17.8. The molecule has 1 heterocycles. The van der Waals surface area contributed by atoms with Crippen molar-refractivity contribution in [1.29, 1.82) is 5.26 Å². The number of allylic oxidation sites excluding steroid dienone is 1. The van der Waals surface area contributed by atoms with Gasteiger partial charge in [0.2, 0.25) is 5.88 Å². The van der Waals surface area contributed by atoms with Crippen LogP contribution in [-0.2, 0) is 0 Å². The lowest BCUT2D eigenvalue weighted by Crippen LogP contribution is -2.21. The molecule has 0 saturated carbocycles. The van der Waals surface area contributed by atoms with Gasteiger partial charge in [0.1, 0.15) is 28.9 Å². The fraction of sp³-hybridized carbons (Fsp3) is 0.185. The Bertz CT molecular complexity index is 1280. The maximum absolute atomic E-state index is 12.7. The number of benzene rings is 3. The summed E-state index contributed by atoms with van der Waals surface area (Å²) >= 11 is 3.48. The van der Waals surface area contributed by atoms with Crippen LogP contribution in [0.2, 0.25) is 0 Å². The summed E-state index contributed by atoms with van der Waals surface area (Å²) in [4.78, 5) is 12.7. The molecule has 0 saturated heterocycles. The van der Waals surface area contributed by atoms with E-state index in [4.69, 9.17) is 19.9 Å². The molecule has 0 bridgehead atoms. The van der Waals surface area contributed by atoms with Gasteiger partial charge in [0.15, 0.2) is 0 Å². The number of nitrogens with two attached hydrogens (primary N) is 1. The fourth-order valence-corrected chi connectivity index (χ4v) is 4.13. The molecular weight excluding hydrogens is 496 g/mol. The topological polar surface area (TPSA) is 94.6 Å². The van der Waals surface area contributed by atoms with E-state index >= 15 is 0 Å². The van der Waals surface area contributed by atoms with E-state index < -0.39 is 11.9 Å². The van der Waals surface area contributed by atoms with Crippen LogP contribution >= 0.6 is 15.9 Å². The van der Waals surface area contributed by atoms with Gasteiger partial charge < -0.3 is 19.9 Å². The molecule has 0 aliphatic carbocycles. The molecule has 0 spiro atoms. The van der Waals surface area contributed by atoms with E-state index in [9.17, 15) is 10.1 Å². The van der Waals surface area contributed by atoms with E-state index in [0.717, 1.165) is 28.4 Å². The van der Waals surface area contributed by atoms with Crippen molar-refractivity contribution in [3.05, 3.63) is 99.3 Å². The van der Waals surface area contributed by atoms with Gasteiger partial charge in [-0.3, -0.25) is 0 Å². The minimum absolute atomic E-state index is 0.0297. The molecule has 0 fully saturated rings. The first-order valence-electron chi connectivity index (χ1n) is 10.9. The first-order valence-corrected chi connectivity index (χ1v) is 11.7. The fourth-order valence-electron chi connectivity index (χ4n) is 3.72. The zero-order chi connectivity index (χ0) is 24.1. The third-order valence-electron chi connectivity index (χ3n) is 5.44. The molecule has 34 heavy (non-hydrogen) atoms. The van der Waals surface area contributed by atoms with E-state index in [-0.39, 0.29) is 5.88 Å². The molecule has 2 N–H and O–H groups in total. The van der Waals surface area contributed by atoms with Crippen molar-refractivity contribution in [2.24, 2.45) is 5.73 Å². The predicted molar refractivity (Wildman–Crippen MR) is 132 cm³/mol. The van der Waals surface area contributed by atoms with Crippen LogP contribution < -0.4 is 19.9 Å². The molecule has 1 aliphatic rings. The first kappa shape index (κ1) is 23.4. The van der Waals surface area contributed by atoms with Gasteiger partial charge in [-0.05, 0) is 54.4 Å². The standard InChI is InChI=1S/C27H23BrN2O4/c1-2-3-13-32-20-9-7-17(8-10-20)27(31)33-21-11-12-22-24(15-21)34-26(30)23(16-29)25(22)18-5-4-6-19(28)14-18/h4-12,14-15,25H,2-3,13,30H2,1H3. The molecule has 0 aromatic heterocycles. The predicted octanol–water partition coefficient (Wildman–Crippen LogP) is 6.07. The van der Waals surface area contributed by atoms with Gasteiger partial charge in [-0.25, -0.2) is 4.79 Å². The number of hydrogen-bond donors (Lipinski definition) is 1. The highest BCUT2D eigenvalue weighted by atomic mass is 79.9. The summed E-state index contributed by atoms with van der Waals surface area (Å²) in [7, 11) is 0. The Labute approximate surface area is 206 Å². The van der Waals surface area contributed by atoms with E-state index in [2.05, 4.69) is 28.9 Å². The van der Waals surface area contributed by atoms with Crippen molar-refractivity contribution in [2.45, 2.75) is 25.7 Å². The highest BCUT2D eigenvalue weighted by Crippen LogP contribution is 2.43. The van der Waals surface area contributed by atoms with E-state index in [1.165, 1.54) is 0 Å². The third kappa shape index (κ3) is 5.08. The molecule has 0 radical (unpaired) electrons. The number of carbonyl (C=O) groups is 1. The van der Waals surface area contributed by atoms with Gasteiger partial charge in [0.05, 0.1) is 18.1 Å². The van der Waals surface area contributed by atoms with E-state index in [1.807, 2.05) is 24.3 Å². The Balaban J connectivity index is 1.56. The van der Waals surface area contributed by atoms with Crippen LogP contribution in [-0.4, -0.2) is 12.6 Å².